The molecule has 6 nitrogen and oxygen atoms in total. The second kappa shape index (κ2) is 7.24. The topological polar surface area (TPSA) is 72.7 Å². The molecule has 1 amide bonds. The van der Waals surface area contributed by atoms with Crippen molar-refractivity contribution in [1.82, 2.24) is 19.7 Å². The number of hydrogen-bond acceptors (Lipinski definition) is 5. The number of rotatable bonds is 4. The second-order valence-electron chi connectivity index (χ2n) is 5.80. The number of aryl methyl sites for hydroxylation is 1. The number of thioether (sulfide) groups is 1. The predicted octanol–water partition coefficient (Wildman–Crippen LogP) is 4.15. The van der Waals surface area contributed by atoms with Crippen LogP contribution >= 0.6 is 27.7 Å². The number of carbonyl (C=O) groups excluding carboxylic acids is 1. The molecular weight excluding hydrogens is 433 g/mol. The summed E-state index contributed by atoms with van der Waals surface area (Å²) in [6.07, 6.45) is 0. The van der Waals surface area contributed by atoms with Crippen molar-refractivity contribution in [2.24, 2.45) is 7.05 Å². The standard InChI is InChI=1S/C18H13BrFN5OS/c1-25-14-7-6-10(19)8-11(14)16-17(25)22-18(24-23-16)27-9-15(26)21-13-5-3-2-4-12(13)20/h2-8H,9H2,1H3,(H,21,26). The average molecular weight is 446 g/mol. The van der Waals surface area contributed by atoms with Gasteiger partial charge in [0.15, 0.2) is 5.65 Å². The molecule has 0 fully saturated rings. The lowest BCUT2D eigenvalue weighted by Gasteiger charge is -2.05. The summed E-state index contributed by atoms with van der Waals surface area (Å²) in [5.74, 6) is -0.761. The Morgan fingerprint density at radius 2 is 2.07 bits per heavy atom. The molecule has 4 rings (SSSR count). The minimum absolute atomic E-state index is 0.0526. The average Bonchev–Trinajstić information content (AvgIpc) is 2.93. The molecule has 0 bridgehead atoms. The van der Waals surface area contributed by atoms with Gasteiger partial charge in [0.1, 0.15) is 11.3 Å². The van der Waals surface area contributed by atoms with E-state index in [1.165, 1.54) is 12.1 Å². The first kappa shape index (κ1) is 17.9. The molecule has 27 heavy (non-hydrogen) atoms. The molecule has 0 saturated heterocycles. The molecule has 4 aromatic rings. The van der Waals surface area contributed by atoms with Crippen LogP contribution in [0.5, 0.6) is 0 Å². The number of fused-ring (bicyclic) bond motifs is 3. The summed E-state index contributed by atoms with van der Waals surface area (Å²) in [5, 5.41) is 12.3. The number of nitrogens with one attached hydrogen (secondary N) is 1. The molecule has 2 aromatic heterocycles. The number of nitrogens with zero attached hydrogens (tertiary/aromatic N) is 4. The fourth-order valence-corrected chi connectivity index (χ4v) is 3.70. The molecular formula is C18H13BrFN5OS. The molecule has 0 aliphatic rings. The Balaban J connectivity index is 1.54. The van der Waals surface area contributed by atoms with Crippen LogP contribution in [0.4, 0.5) is 10.1 Å². The number of halogens is 2. The van der Waals surface area contributed by atoms with Crippen molar-refractivity contribution in [2.75, 3.05) is 11.1 Å². The maximum absolute atomic E-state index is 13.6. The summed E-state index contributed by atoms with van der Waals surface area (Å²) in [5.41, 5.74) is 2.54. The normalized spacial score (nSPS) is 11.2. The van der Waals surface area contributed by atoms with Crippen LogP contribution in [0, 0.1) is 5.82 Å². The molecule has 2 aromatic carbocycles. The van der Waals surface area contributed by atoms with Crippen molar-refractivity contribution < 1.29 is 9.18 Å². The van der Waals surface area contributed by atoms with Gasteiger partial charge >= 0.3 is 0 Å². The predicted molar refractivity (Wildman–Crippen MR) is 107 cm³/mol. The highest BCUT2D eigenvalue weighted by Gasteiger charge is 2.14. The molecule has 2 heterocycles. The van der Waals surface area contributed by atoms with Gasteiger partial charge in [-0.05, 0) is 30.3 Å². The number of aromatic nitrogens is 4. The highest BCUT2D eigenvalue weighted by Crippen LogP contribution is 2.28. The summed E-state index contributed by atoms with van der Waals surface area (Å²) in [7, 11) is 1.91. The third-order valence-corrected chi connectivity index (χ3v) is 5.35. The molecule has 0 spiro atoms. The van der Waals surface area contributed by atoms with Gasteiger partial charge in [0.2, 0.25) is 11.1 Å². The van der Waals surface area contributed by atoms with Crippen LogP contribution in [0.25, 0.3) is 22.1 Å². The van der Waals surface area contributed by atoms with Gasteiger partial charge in [-0.25, -0.2) is 9.37 Å². The Kier molecular flexibility index (Phi) is 4.79. The maximum atomic E-state index is 13.6. The Morgan fingerprint density at radius 3 is 2.89 bits per heavy atom. The van der Waals surface area contributed by atoms with E-state index in [0.717, 1.165) is 27.1 Å². The fourth-order valence-electron chi connectivity index (χ4n) is 2.76. The van der Waals surface area contributed by atoms with E-state index in [-0.39, 0.29) is 17.3 Å². The number of carbonyl (C=O) groups is 1. The molecule has 9 heteroatoms. The molecule has 0 saturated carbocycles. The molecule has 1 N–H and O–H groups in total. The third-order valence-electron chi connectivity index (χ3n) is 4.02. The van der Waals surface area contributed by atoms with E-state index >= 15 is 0 Å². The minimum Gasteiger partial charge on any atom is -0.327 e. The van der Waals surface area contributed by atoms with E-state index in [4.69, 9.17) is 0 Å². The Labute approximate surface area is 166 Å². The Bertz CT molecular complexity index is 1180. The van der Waals surface area contributed by atoms with Gasteiger partial charge in [-0.15, -0.1) is 10.2 Å². The molecule has 136 valence electrons. The Morgan fingerprint density at radius 1 is 1.26 bits per heavy atom. The van der Waals surface area contributed by atoms with Crippen LogP contribution in [0.2, 0.25) is 0 Å². The van der Waals surface area contributed by atoms with Crippen molar-refractivity contribution in [3.8, 4) is 0 Å². The number of amides is 1. The summed E-state index contributed by atoms with van der Waals surface area (Å²) in [6.45, 7) is 0. The van der Waals surface area contributed by atoms with Crippen molar-refractivity contribution in [1.29, 1.82) is 0 Å². The van der Waals surface area contributed by atoms with Gasteiger partial charge in [-0.2, -0.15) is 0 Å². The highest BCUT2D eigenvalue weighted by atomic mass is 79.9. The Hall–Kier alpha value is -2.52. The maximum Gasteiger partial charge on any atom is 0.234 e. The lowest BCUT2D eigenvalue weighted by atomic mass is 10.2. The van der Waals surface area contributed by atoms with Crippen LogP contribution in [-0.2, 0) is 11.8 Å². The lowest BCUT2D eigenvalue weighted by molar-refractivity contribution is -0.113. The summed E-state index contributed by atoms with van der Waals surface area (Å²) in [6, 6.07) is 11.9. The van der Waals surface area contributed by atoms with Crippen molar-refractivity contribution in [3.05, 3.63) is 52.8 Å². The lowest BCUT2D eigenvalue weighted by Crippen LogP contribution is -2.15. The van der Waals surface area contributed by atoms with Gasteiger partial charge < -0.3 is 9.88 Å². The van der Waals surface area contributed by atoms with Crippen LogP contribution in [-0.4, -0.2) is 31.4 Å². The van der Waals surface area contributed by atoms with Gasteiger partial charge in [0, 0.05) is 16.9 Å². The monoisotopic (exact) mass is 445 g/mol. The van der Waals surface area contributed by atoms with E-state index in [9.17, 15) is 9.18 Å². The second-order valence-corrected chi connectivity index (χ2v) is 7.66. The van der Waals surface area contributed by atoms with Gasteiger partial charge in [0.05, 0.1) is 17.0 Å². The van der Waals surface area contributed by atoms with E-state index in [1.54, 1.807) is 12.1 Å². The fraction of sp³-hybridized carbons (Fsp3) is 0.111. The third kappa shape index (κ3) is 3.52. The number of benzene rings is 2. The zero-order valence-electron chi connectivity index (χ0n) is 14.1. The quantitative estimate of drug-likeness (QED) is 0.477. The van der Waals surface area contributed by atoms with Gasteiger partial charge in [0.25, 0.3) is 0 Å². The van der Waals surface area contributed by atoms with E-state index < -0.39 is 5.82 Å². The SMILES string of the molecule is Cn1c2ccc(Br)cc2c2nnc(SCC(=O)Nc3ccccc3F)nc21. The van der Waals surface area contributed by atoms with Crippen molar-refractivity contribution in [2.45, 2.75) is 5.16 Å². The minimum atomic E-state index is -0.475. The van der Waals surface area contributed by atoms with E-state index in [2.05, 4.69) is 36.4 Å². The molecule has 0 aliphatic heterocycles. The van der Waals surface area contributed by atoms with Crippen LogP contribution in [0.1, 0.15) is 0 Å². The smallest absolute Gasteiger partial charge is 0.234 e. The van der Waals surface area contributed by atoms with Gasteiger partial charge in [-0.3, -0.25) is 4.79 Å². The summed E-state index contributed by atoms with van der Waals surface area (Å²) >= 11 is 4.61. The van der Waals surface area contributed by atoms with Crippen LogP contribution < -0.4 is 5.32 Å². The largest absolute Gasteiger partial charge is 0.327 e. The van der Waals surface area contributed by atoms with Gasteiger partial charge in [-0.1, -0.05) is 39.8 Å². The number of para-hydroxylation sites is 1. The zero-order valence-corrected chi connectivity index (χ0v) is 16.5. The first-order valence-electron chi connectivity index (χ1n) is 7.98. The number of hydrogen-bond donors (Lipinski definition) is 1. The molecule has 0 unspecified atom stereocenters. The van der Waals surface area contributed by atoms with Crippen molar-refractivity contribution in [3.63, 3.8) is 0 Å². The first-order chi connectivity index (χ1) is 13.0. The van der Waals surface area contributed by atoms with E-state index in [0.29, 0.717) is 16.3 Å². The van der Waals surface area contributed by atoms with E-state index in [1.807, 2.05) is 29.8 Å². The first-order valence-corrected chi connectivity index (χ1v) is 9.76. The number of anilines is 1. The molecule has 0 radical (unpaired) electrons. The molecule has 0 aliphatic carbocycles. The molecule has 0 atom stereocenters. The summed E-state index contributed by atoms with van der Waals surface area (Å²) < 4.78 is 16.5. The van der Waals surface area contributed by atoms with Crippen molar-refractivity contribution >= 4 is 61.4 Å². The highest BCUT2D eigenvalue weighted by molar-refractivity contribution is 9.10. The van der Waals surface area contributed by atoms with Crippen LogP contribution in [0.15, 0.2) is 52.1 Å². The van der Waals surface area contributed by atoms with Crippen LogP contribution in [0.3, 0.4) is 0 Å². The zero-order chi connectivity index (χ0) is 19.0. The summed E-state index contributed by atoms with van der Waals surface area (Å²) in [4.78, 5) is 16.6.